The van der Waals surface area contributed by atoms with Crippen LogP contribution in [0.4, 0.5) is 17.6 Å². The molecule has 12 heteroatoms. The lowest BCUT2D eigenvalue weighted by atomic mass is 10.0. The molecule has 2 atom stereocenters. The average Bonchev–Trinajstić information content (AvgIpc) is 3.27. The third-order valence-electron chi connectivity index (χ3n) is 4.50. The number of likely N-dealkylation sites (tertiary alicyclic amines) is 1. The van der Waals surface area contributed by atoms with Gasteiger partial charge in [0.05, 0.1) is 30.1 Å². The van der Waals surface area contributed by atoms with Crippen molar-refractivity contribution in [3.05, 3.63) is 47.8 Å². The Labute approximate surface area is 169 Å². The largest absolute Gasteiger partial charge is 0.490 e. The molecule has 8 nitrogen and oxygen atoms in total. The molecule has 0 saturated carbocycles. The fourth-order valence-corrected chi connectivity index (χ4v) is 3.12. The minimum Gasteiger partial charge on any atom is -0.475 e. The lowest BCUT2D eigenvalue weighted by molar-refractivity contribution is -0.192. The first kappa shape index (κ1) is 23.3. The Morgan fingerprint density at radius 3 is 2.50 bits per heavy atom. The number of aliphatic carboxylic acids is 1. The molecular formula is C18H20F4N4O4. The van der Waals surface area contributed by atoms with Crippen LogP contribution in [0.25, 0.3) is 0 Å². The van der Waals surface area contributed by atoms with E-state index in [1.54, 1.807) is 22.9 Å². The Hall–Kier alpha value is -3.02. The monoisotopic (exact) mass is 432 g/mol. The summed E-state index contributed by atoms with van der Waals surface area (Å²) in [6, 6.07) is 1.28. The van der Waals surface area contributed by atoms with Crippen LogP contribution in [0.15, 0.2) is 30.9 Å². The van der Waals surface area contributed by atoms with Gasteiger partial charge in [0.25, 0.3) is 5.91 Å². The van der Waals surface area contributed by atoms with E-state index in [2.05, 4.69) is 10.1 Å². The SMILES string of the molecule is CO[C@H]1CCN(C(=O)c2ccncc2F)[C@H]1Cc1cnn(C)c1.O=C(O)C(F)(F)F. The number of pyridine rings is 1. The first-order valence-electron chi connectivity index (χ1n) is 8.75. The molecule has 1 aliphatic heterocycles. The Kier molecular flexibility index (Phi) is 7.48. The number of hydrogen-bond donors (Lipinski definition) is 1. The number of carboxylic acid groups (broad SMARTS) is 1. The van der Waals surface area contributed by atoms with Crippen LogP contribution in [0.3, 0.4) is 0 Å². The summed E-state index contributed by atoms with van der Waals surface area (Å²) in [5.74, 6) is -3.68. The van der Waals surface area contributed by atoms with Crippen molar-refractivity contribution < 1.29 is 37.0 Å². The van der Waals surface area contributed by atoms with Gasteiger partial charge in [-0.25, -0.2) is 9.18 Å². The van der Waals surface area contributed by atoms with Crippen molar-refractivity contribution in [1.82, 2.24) is 19.7 Å². The van der Waals surface area contributed by atoms with Gasteiger partial charge in [-0.1, -0.05) is 0 Å². The zero-order chi connectivity index (χ0) is 22.5. The molecule has 1 amide bonds. The molecule has 0 radical (unpaired) electrons. The normalized spacial score (nSPS) is 18.7. The van der Waals surface area contributed by atoms with Crippen LogP contribution in [0.1, 0.15) is 22.3 Å². The zero-order valence-corrected chi connectivity index (χ0v) is 16.1. The number of hydrogen-bond acceptors (Lipinski definition) is 5. The van der Waals surface area contributed by atoms with E-state index in [9.17, 15) is 22.4 Å². The van der Waals surface area contributed by atoms with E-state index in [-0.39, 0.29) is 23.6 Å². The molecule has 0 aliphatic carbocycles. The summed E-state index contributed by atoms with van der Waals surface area (Å²) in [6.07, 6.45) is 2.40. The first-order valence-corrected chi connectivity index (χ1v) is 8.75. The van der Waals surface area contributed by atoms with Gasteiger partial charge in [0.15, 0.2) is 5.82 Å². The average molecular weight is 432 g/mol. The third kappa shape index (κ3) is 5.75. The number of aryl methyl sites for hydroxylation is 1. The number of aromatic nitrogens is 3. The highest BCUT2D eigenvalue weighted by Gasteiger charge is 2.39. The first-order chi connectivity index (χ1) is 14.0. The molecule has 1 fully saturated rings. The fraction of sp³-hybridized carbons (Fsp3) is 0.444. The summed E-state index contributed by atoms with van der Waals surface area (Å²) in [5, 5.41) is 11.3. The highest BCUT2D eigenvalue weighted by Crippen LogP contribution is 2.26. The van der Waals surface area contributed by atoms with Crippen LogP contribution >= 0.6 is 0 Å². The van der Waals surface area contributed by atoms with Gasteiger partial charge in [0.1, 0.15) is 0 Å². The van der Waals surface area contributed by atoms with Crippen molar-refractivity contribution in [3.8, 4) is 0 Å². The summed E-state index contributed by atoms with van der Waals surface area (Å²) in [6.45, 7) is 0.546. The molecule has 0 aromatic carbocycles. The number of rotatable bonds is 4. The van der Waals surface area contributed by atoms with Crippen LogP contribution in [0.2, 0.25) is 0 Å². The molecule has 164 valence electrons. The maximum Gasteiger partial charge on any atom is 0.490 e. The van der Waals surface area contributed by atoms with Crippen LogP contribution in [0.5, 0.6) is 0 Å². The van der Waals surface area contributed by atoms with Crippen molar-refractivity contribution in [2.75, 3.05) is 13.7 Å². The van der Waals surface area contributed by atoms with Gasteiger partial charge in [0, 0.05) is 33.1 Å². The van der Waals surface area contributed by atoms with Crippen molar-refractivity contribution in [2.24, 2.45) is 7.05 Å². The molecule has 30 heavy (non-hydrogen) atoms. The number of nitrogens with zero attached hydrogens (tertiary/aromatic N) is 4. The molecule has 3 rings (SSSR count). The fourth-order valence-electron chi connectivity index (χ4n) is 3.12. The van der Waals surface area contributed by atoms with Crippen molar-refractivity contribution in [3.63, 3.8) is 0 Å². The molecule has 3 heterocycles. The van der Waals surface area contributed by atoms with E-state index in [0.717, 1.165) is 18.2 Å². The maximum atomic E-state index is 13.9. The van der Waals surface area contributed by atoms with Crippen LogP contribution in [-0.4, -0.2) is 68.6 Å². The zero-order valence-electron chi connectivity index (χ0n) is 16.1. The van der Waals surface area contributed by atoms with E-state index < -0.39 is 18.0 Å². The van der Waals surface area contributed by atoms with Crippen LogP contribution < -0.4 is 0 Å². The van der Waals surface area contributed by atoms with Gasteiger partial charge in [-0.05, 0) is 24.5 Å². The quantitative estimate of drug-likeness (QED) is 0.743. The van der Waals surface area contributed by atoms with Gasteiger partial charge in [-0.3, -0.25) is 14.5 Å². The molecule has 0 bridgehead atoms. The number of alkyl halides is 3. The Morgan fingerprint density at radius 2 is 2.00 bits per heavy atom. The molecule has 2 aromatic rings. The number of amides is 1. The molecular weight excluding hydrogens is 412 g/mol. The second-order valence-electron chi connectivity index (χ2n) is 6.51. The predicted octanol–water partition coefficient (Wildman–Crippen LogP) is 2.06. The lowest BCUT2D eigenvalue weighted by Crippen LogP contribution is -2.42. The van der Waals surface area contributed by atoms with Gasteiger partial charge >= 0.3 is 12.1 Å². The number of carbonyl (C=O) groups is 2. The topological polar surface area (TPSA) is 97.5 Å². The summed E-state index contributed by atoms with van der Waals surface area (Å²) < 4.78 is 52.9. The Morgan fingerprint density at radius 1 is 1.33 bits per heavy atom. The standard InChI is InChI=1S/C16H19FN4O2.C2HF3O2/c1-20-10-11(8-19-20)7-14-15(23-2)4-6-21(14)16(22)12-3-5-18-9-13(12)17;3-2(4,5)1(6)7/h3,5,8-10,14-15H,4,6-7H2,1-2H3;(H,6,7)/t14-,15-;/m0./s1. The van der Waals surface area contributed by atoms with Crippen molar-refractivity contribution >= 4 is 11.9 Å². The minimum absolute atomic E-state index is 0.0490. The van der Waals surface area contributed by atoms with Gasteiger partial charge in [0.2, 0.25) is 0 Å². The number of carbonyl (C=O) groups excluding carboxylic acids is 1. The molecule has 1 saturated heterocycles. The van der Waals surface area contributed by atoms with Crippen LogP contribution in [-0.2, 0) is 23.0 Å². The highest BCUT2D eigenvalue weighted by atomic mass is 19.4. The molecule has 0 unspecified atom stereocenters. The molecule has 1 N–H and O–H groups in total. The van der Waals surface area contributed by atoms with Crippen molar-refractivity contribution in [1.29, 1.82) is 0 Å². The maximum absolute atomic E-state index is 13.9. The minimum atomic E-state index is -5.08. The Balaban J connectivity index is 0.000000396. The molecule has 1 aliphatic rings. The number of methoxy groups -OCH3 is 1. The summed E-state index contributed by atoms with van der Waals surface area (Å²) in [4.78, 5) is 27.0. The number of carboxylic acids is 1. The molecule has 0 spiro atoms. The van der Waals surface area contributed by atoms with Gasteiger partial charge < -0.3 is 14.7 Å². The second-order valence-corrected chi connectivity index (χ2v) is 6.51. The van der Waals surface area contributed by atoms with Gasteiger partial charge in [-0.15, -0.1) is 0 Å². The predicted molar refractivity (Wildman–Crippen MR) is 95.0 cm³/mol. The summed E-state index contributed by atoms with van der Waals surface area (Å²) >= 11 is 0. The van der Waals surface area contributed by atoms with Crippen molar-refractivity contribution in [2.45, 2.75) is 31.2 Å². The van der Waals surface area contributed by atoms with E-state index in [4.69, 9.17) is 14.6 Å². The second kappa shape index (κ2) is 9.65. The van der Waals surface area contributed by atoms with E-state index in [1.807, 2.05) is 13.2 Å². The summed E-state index contributed by atoms with van der Waals surface area (Å²) in [5.41, 5.74) is 1.07. The number of halogens is 4. The third-order valence-corrected chi connectivity index (χ3v) is 4.50. The number of ether oxygens (including phenoxy) is 1. The lowest BCUT2D eigenvalue weighted by Gasteiger charge is -2.27. The summed E-state index contributed by atoms with van der Waals surface area (Å²) in [7, 11) is 3.49. The highest BCUT2D eigenvalue weighted by molar-refractivity contribution is 5.94. The van der Waals surface area contributed by atoms with E-state index in [1.165, 1.54) is 12.3 Å². The smallest absolute Gasteiger partial charge is 0.475 e. The van der Waals surface area contributed by atoms with E-state index in [0.29, 0.717) is 13.0 Å². The van der Waals surface area contributed by atoms with Crippen LogP contribution in [0, 0.1) is 5.82 Å². The van der Waals surface area contributed by atoms with Gasteiger partial charge in [-0.2, -0.15) is 18.3 Å². The van der Waals surface area contributed by atoms with E-state index >= 15 is 0 Å². The molecule has 2 aromatic heterocycles. The Bertz CT molecular complexity index is 887.